The number of fused-ring (bicyclic) bond motifs is 1. The molecule has 0 saturated carbocycles. The highest BCUT2D eigenvalue weighted by Crippen LogP contribution is 2.39. The monoisotopic (exact) mass is 177 g/mol. The number of carbonyl (C=O) groups excluding carboxylic acids is 2. The molecule has 2 aliphatic rings. The molecule has 0 unspecified atom stereocenters. The van der Waals surface area contributed by atoms with Gasteiger partial charge in [0.05, 0.1) is 0 Å². The summed E-state index contributed by atoms with van der Waals surface area (Å²) < 4.78 is 0. The fourth-order valence-corrected chi connectivity index (χ4v) is 1.20. The van der Waals surface area contributed by atoms with Crippen molar-refractivity contribution in [3.8, 4) is 11.1 Å². The van der Waals surface area contributed by atoms with Crippen molar-refractivity contribution in [3.63, 3.8) is 0 Å². The summed E-state index contributed by atoms with van der Waals surface area (Å²) in [7, 11) is 0. The van der Waals surface area contributed by atoms with E-state index in [1.165, 1.54) is 0 Å². The van der Waals surface area contributed by atoms with E-state index in [1.54, 1.807) is 0 Å². The van der Waals surface area contributed by atoms with Gasteiger partial charge >= 0.3 is 7.69 Å². The molecule has 4 nitrogen and oxygen atoms in total. The number of aldehydes is 2. The molecule has 2 aliphatic carbocycles. The minimum Gasteiger partial charge on any atom is -0.429 e. The molecule has 0 atom stereocenters. The summed E-state index contributed by atoms with van der Waals surface area (Å²) in [5.74, 6) is 0. The van der Waals surface area contributed by atoms with Gasteiger partial charge in [-0.05, 0) is 11.1 Å². The van der Waals surface area contributed by atoms with Crippen LogP contribution < -0.4 is 0 Å². The zero-order chi connectivity index (χ0) is 9.84. The molecule has 65 valence electrons. The van der Waals surface area contributed by atoms with Gasteiger partial charge in [0, 0.05) is 11.1 Å². The van der Waals surface area contributed by atoms with E-state index in [-0.39, 0.29) is 7.69 Å². The van der Waals surface area contributed by atoms with Crippen LogP contribution in [0.5, 0.6) is 0 Å². The second-order valence-corrected chi connectivity index (χ2v) is 2.34. The third-order valence-electron chi connectivity index (χ3n) is 1.81. The van der Waals surface area contributed by atoms with Crippen molar-refractivity contribution in [1.82, 2.24) is 0 Å². The van der Waals surface area contributed by atoms with E-state index in [2.05, 4.69) is 0 Å². The van der Waals surface area contributed by atoms with Gasteiger partial charge in [0.15, 0.2) is 12.6 Å². The highest BCUT2D eigenvalue weighted by Gasteiger charge is 2.24. The second-order valence-electron chi connectivity index (χ2n) is 2.34. The Morgan fingerprint density at radius 1 is 1.00 bits per heavy atom. The van der Waals surface area contributed by atoms with Crippen LogP contribution in [0.15, 0.2) is 12.1 Å². The number of carbonyl (C=O) groups is 2. The third kappa shape index (κ3) is 1.39. The Balaban J connectivity index is 0.000000251. The first-order valence-corrected chi connectivity index (χ1v) is 3.48. The Morgan fingerprint density at radius 2 is 1.31 bits per heavy atom. The van der Waals surface area contributed by atoms with Crippen LogP contribution >= 0.6 is 0 Å². The first-order valence-electron chi connectivity index (χ1n) is 3.48. The quantitative estimate of drug-likeness (QED) is 0.491. The van der Waals surface area contributed by atoms with E-state index in [0.717, 1.165) is 23.7 Å². The van der Waals surface area contributed by atoms with Crippen LogP contribution in [0.2, 0.25) is 0 Å². The number of benzene rings is 1. The molecule has 13 heavy (non-hydrogen) atoms. The van der Waals surface area contributed by atoms with E-state index >= 15 is 0 Å². The predicted octanol–water partition coefficient (Wildman–Crippen LogP) is -0.203. The summed E-state index contributed by atoms with van der Waals surface area (Å²) >= 11 is 0. The van der Waals surface area contributed by atoms with Gasteiger partial charge in [0.2, 0.25) is 0 Å². The zero-order valence-electron chi connectivity index (χ0n) is 6.60. The van der Waals surface area contributed by atoms with Gasteiger partial charge in [-0.1, -0.05) is 12.1 Å². The Kier molecular flexibility index (Phi) is 2.95. The minimum atomic E-state index is 0. The summed E-state index contributed by atoms with van der Waals surface area (Å²) in [6.07, 6.45) is 1.46. The molecule has 2 N–H and O–H groups in total. The van der Waals surface area contributed by atoms with Gasteiger partial charge in [-0.2, -0.15) is 0 Å². The number of hydrogen-bond acceptors (Lipinski definition) is 4. The summed E-state index contributed by atoms with van der Waals surface area (Å²) in [6, 6.07) is 3.68. The van der Waals surface area contributed by atoms with Crippen molar-refractivity contribution in [1.29, 1.82) is 0 Å². The van der Waals surface area contributed by atoms with Gasteiger partial charge in [0.1, 0.15) is 0 Å². The SMILES string of the molecule is O=Cc1c2ccc-2c1C=O.O[B]O. The molecule has 0 aromatic heterocycles. The first kappa shape index (κ1) is 9.63. The fraction of sp³-hybridized carbons (Fsp3) is 0. The average Bonchev–Trinajstić information content (AvgIpc) is 2.09. The Bertz CT molecular complexity index is 315. The van der Waals surface area contributed by atoms with E-state index in [4.69, 9.17) is 10.0 Å². The molecule has 0 spiro atoms. The molecule has 0 aromatic carbocycles. The van der Waals surface area contributed by atoms with Crippen molar-refractivity contribution >= 4 is 20.3 Å². The Labute approximate surface area is 75.1 Å². The molecule has 0 bridgehead atoms. The van der Waals surface area contributed by atoms with Gasteiger partial charge in [-0.25, -0.2) is 0 Å². The van der Waals surface area contributed by atoms with E-state index in [1.807, 2.05) is 12.1 Å². The summed E-state index contributed by atoms with van der Waals surface area (Å²) in [5, 5.41) is 14.0. The standard InChI is InChI=1S/C8H4O2.BH2O2/c9-3-7-5-1-2-6(5)8(7)4-10;2-1-3/h1-4H;2-3H. The smallest absolute Gasteiger partial charge is 0.429 e. The van der Waals surface area contributed by atoms with Crippen molar-refractivity contribution in [2.75, 3.05) is 0 Å². The molecule has 0 amide bonds. The van der Waals surface area contributed by atoms with Gasteiger partial charge < -0.3 is 10.0 Å². The molecule has 5 heteroatoms. The van der Waals surface area contributed by atoms with E-state index in [9.17, 15) is 9.59 Å². The molecule has 0 fully saturated rings. The van der Waals surface area contributed by atoms with Crippen molar-refractivity contribution in [2.24, 2.45) is 0 Å². The minimum absolute atomic E-state index is 0. The normalized spacial score (nSPS) is 9.38. The Hall–Kier alpha value is -1.46. The molecular formula is C8H6BO4. The average molecular weight is 177 g/mol. The van der Waals surface area contributed by atoms with Crippen molar-refractivity contribution in [2.45, 2.75) is 0 Å². The van der Waals surface area contributed by atoms with Crippen LogP contribution in [0.1, 0.15) is 20.7 Å². The molecule has 0 saturated heterocycles. The maximum Gasteiger partial charge on any atom is 0.482 e. The lowest BCUT2D eigenvalue weighted by Gasteiger charge is -2.21. The maximum atomic E-state index is 10.3. The van der Waals surface area contributed by atoms with Crippen LogP contribution in [0, 0.1) is 0 Å². The van der Waals surface area contributed by atoms with Crippen LogP contribution in [0.3, 0.4) is 0 Å². The highest BCUT2D eigenvalue weighted by molar-refractivity contribution is 6.13. The lowest BCUT2D eigenvalue weighted by atomic mass is 9.81. The lowest BCUT2D eigenvalue weighted by molar-refractivity contribution is 0.109. The molecule has 2 rings (SSSR count). The zero-order valence-corrected chi connectivity index (χ0v) is 6.60. The molecular weight excluding hydrogens is 171 g/mol. The van der Waals surface area contributed by atoms with Crippen molar-refractivity contribution in [3.05, 3.63) is 23.3 Å². The van der Waals surface area contributed by atoms with Gasteiger partial charge in [-0.3, -0.25) is 9.59 Å². The molecule has 0 heterocycles. The largest absolute Gasteiger partial charge is 0.482 e. The fourth-order valence-electron chi connectivity index (χ4n) is 1.20. The highest BCUT2D eigenvalue weighted by atomic mass is 16.4. The van der Waals surface area contributed by atoms with Crippen LogP contribution in [0.4, 0.5) is 0 Å². The topological polar surface area (TPSA) is 74.6 Å². The molecule has 0 aromatic rings. The van der Waals surface area contributed by atoms with Crippen molar-refractivity contribution < 1.29 is 19.6 Å². The molecule has 1 radical (unpaired) electrons. The molecule has 0 aliphatic heterocycles. The summed E-state index contributed by atoms with van der Waals surface area (Å²) in [4.78, 5) is 20.5. The van der Waals surface area contributed by atoms with Gasteiger partial charge in [0.25, 0.3) is 0 Å². The van der Waals surface area contributed by atoms with Gasteiger partial charge in [-0.15, -0.1) is 0 Å². The maximum absolute atomic E-state index is 10.3. The summed E-state index contributed by atoms with van der Waals surface area (Å²) in [6.45, 7) is 0. The summed E-state index contributed by atoms with van der Waals surface area (Å²) in [5.41, 5.74) is 3.01. The van der Waals surface area contributed by atoms with E-state index < -0.39 is 0 Å². The number of rotatable bonds is 2. The Morgan fingerprint density at radius 3 is 1.46 bits per heavy atom. The lowest BCUT2D eigenvalue weighted by Crippen LogP contribution is -2.08. The van der Waals surface area contributed by atoms with Crippen LogP contribution in [-0.4, -0.2) is 30.3 Å². The predicted molar refractivity (Wildman–Crippen MR) is 46.4 cm³/mol. The third-order valence-corrected chi connectivity index (χ3v) is 1.81. The second kappa shape index (κ2) is 3.98. The number of hydrogen-bond donors (Lipinski definition) is 2. The van der Waals surface area contributed by atoms with Crippen LogP contribution in [-0.2, 0) is 0 Å². The van der Waals surface area contributed by atoms with E-state index in [0.29, 0.717) is 11.1 Å². The van der Waals surface area contributed by atoms with Crippen LogP contribution in [0.25, 0.3) is 11.1 Å². The first-order chi connectivity index (χ1) is 6.29.